The lowest BCUT2D eigenvalue weighted by atomic mass is 10.2. The Kier molecular flexibility index (Phi) is 7.00. The number of carbonyl (C=O) groups excluding carboxylic acids is 1. The molecule has 22 heavy (non-hydrogen) atoms. The van der Waals surface area contributed by atoms with Crippen molar-refractivity contribution in [3.63, 3.8) is 0 Å². The molecule has 0 aliphatic heterocycles. The Bertz CT molecular complexity index is 609. The Morgan fingerprint density at radius 1 is 1.32 bits per heavy atom. The summed E-state index contributed by atoms with van der Waals surface area (Å²) in [6.07, 6.45) is 0.718. The van der Waals surface area contributed by atoms with Crippen LogP contribution in [0.3, 0.4) is 0 Å². The zero-order valence-electron chi connectivity index (χ0n) is 12.2. The van der Waals surface area contributed by atoms with Crippen LogP contribution in [0.5, 0.6) is 0 Å². The summed E-state index contributed by atoms with van der Waals surface area (Å²) in [4.78, 5) is 10.8. The van der Waals surface area contributed by atoms with E-state index in [-0.39, 0.29) is 4.90 Å². The number of alkyl halides is 1. The fraction of sp³-hybridized carbons (Fsp3) is 0.357. The molecule has 0 N–H and O–H groups in total. The van der Waals surface area contributed by atoms with Crippen LogP contribution in [-0.2, 0) is 28.6 Å². The monoisotopic (exact) mass is 332 g/mol. The van der Waals surface area contributed by atoms with E-state index >= 15 is 0 Å². The van der Waals surface area contributed by atoms with Crippen LogP contribution in [0, 0.1) is 6.92 Å². The summed E-state index contributed by atoms with van der Waals surface area (Å²) in [5.41, 5.74) is 0.900. The molecule has 1 rings (SSSR count). The molecule has 0 spiro atoms. The van der Waals surface area contributed by atoms with Gasteiger partial charge in [-0.3, -0.25) is 4.18 Å². The number of hydrogen-bond acceptors (Lipinski definition) is 6. The van der Waals surface area contributed by atoms with Crippen molar-refractivity contribution in [2.45, 2.75) is 17.9 Å². The van der Waals surface area contributed by atoms with Gasteiger partial charge in [0, 0.05) is 0 Å². The first-order valence-corrected chi connectivity index (χ1v) is 7.72. The summed E-state index contributed by atoms with van der Waals surface area (Å²) in [6, 6.07) is 6.04. The van der Waals surface area contributed by atoms with Gasteiger partial charge < -0.3 is 9.47 Å². The molecular weight excluding hydrogens is 315 g/mol. The van der Waals surface area contributed by atoms with Gasteiger partial charge in [-0.1, -0.05) is 17.7 Å². The van der Waals surface area contributed by atoms with E-state index < -0.39 is 35.5 Å². The molecule has 0 aromatic heterocycles. The summed E-state index contributed by atoms with van der Waals surface area (Å²) < 4.78 is 50.5. The quantitative estimate of drug-likeness (QED) is 0.312. The van der Waals surface area contributed by atoms with E-state index in [9.17, 15) is 17.6 Å². The molecule has 0 radical (unpaired) electrons. The largest absolute Gasteiger partial charge is 0.493 e. The summed E-state index contributed by atoms with van der Waals surface area (Å²) in [5.74, 6) is -0.675. The van der Waals surface area contributed by atoms with Crippen molar-refractivity contribution < 1.29 is 31.3 Å². The first-order chi connectivity index (χ1) is 10.4. The van der Waals surface area contributed by atoms with Crippen molar-refractivity contribution in [1.29, 1.82) is 0 Å². The van der Waals surface area contributed by atoms with Crippen LogP contribution < -0.4 is 0 Å². The second-order valence-electron chi connectivity index (χ2n) is 4.29. The van der Waals surface area contributed by atoms with Crippen molar-refractivity contribution in [2.75, 3.05) is 20.4 Å². The van der Waals surface area contributed by atoms with Gasteiger partial charge in [-0.15, -0.1) is 0 Å². The van der Waals surface area contributed by atoms with E-state index in [0.717, 1.165) is 17.9 Å². The number of methoxy groups -OCH3 is 1. The lowest BCUT2D eigenvalue weighted by Gasteiger charge is -2.13. The molecule has 0 heterocycles. The predicted octanol–water partition coefficient (Wildman–Crippen LogP) is 1.74. The van der Waals surface area contributed by atoms with Crippen LogP contribution in [0.1, 0.15) is 5.56 Å². The molecule has 122 valence electrons. The van der Waals surface area contributed by atoms with E-state index in [1.807, 2.05) is 6.92 Å². The van der Waals surface area contributed by atoms with Crippen molar-refractivity contribution in [3.8, 4) is 0 Å². The van der Waals surface area contributed by atoms with Gasteiger partial charge in [-0.2, -0.15) is 8.42 Å². The molecule has 6 nitrogen and oxygen atoms in total. The summed E-state index contributed by atoms with van der Waals surface area (Å²) in [6.45, 7) is 0.324. The second kappa shape index (κ2) is 8.50. The molecular formula is C14H17FO6S. The number of ether oxygens (including phenoxy) is 2. The Morgan fingerprint density at radius 3 is 2.50 bits per heavy atom. The predicted molar refractivity (Wildman–Crippen MR) is 76.3 cm³/mol. The van der Waals surface area contributed by atoms with Crippen LogP contribution in [-0.4, -0.2) is 40.9 Å². The minimum atomic E-state index is -3.99. The number of halogens is 1. The molecule has 0 aliphatic rings. The van der Waals surface area contributed by atoms with E-state index in [1.165, 1.54) is 19.2 Å². The number of hydrogen-bond donors (Lipinski definition) is 0. The Morgan fingerprint density at radius 2 is 1.95 bits per heavy atom. The fourth-order valence-electron chi connectivity index (χ4n) is 1.33. The lowest BCUT2D eigenvalue weighted by molar-refractivity contribution is -0.135. The van der Waals surface area contributed by atoms with Crippen molar-refractivity contribution in [1.82, 2.24) is 0 Å². The third-order valence-electron chi connectivity index (χ3n) is 2.57. The van der Waals surface area contributed by atoms with Gasteiger partial charge in [-0.25, -0.2) is 9.18 Å². The van der Waals surface area contributed by atoms with E-state index in [1.54, 1.807) is 12.1 Å². The van der Waals surface area contributed by atoms with E-state index in [2.05, 4.69) is 4.74 Å². The zero-order valence-corrected chi connectivity index (χ0v) is 13.0. The Balaban J connectivity index is 2.59. The molecule has 0 aliphatic carbocycles. The van der Waals surface area contributed by atoms with Gasteiger partial charge in [-0.05, 0) is 19.1 Å². The number of rotatable bonds is 8. The minimum Gasteiger partial charge on any atom is -0.493 e. The fourth-order valence-corrected chi connectivity index (χ4v) is 2.27. The molecule has 0 saturated carbocycles. The molecule has 1 aromatic rings. The molecule has 0 fully saturated rings. The molecule has 0 saturated heterocycles. The number of aryl methyl sites for hydroxylation is 1. The van der Waals surface area contributed by atoms with Gasteiger partial charge in [0.25, 0.3) is 10.1 Å². The molecule has 0 bridgehead atoms. The van der Waals surface area contributed by atoms with Crippen LogP contribution in [0.2, 0.25) is 0 Å². The van der Waals surface area contributed by atoms with Gasteiger partial charge in [0.05, 0.1) is 24.3 Å². The Hall–Kier alpha value is -1.93. The smallest absolute Gasteiger partial charge is 0.333 e. The lowest BCUT2D eigenvalue weighted by Crippen LogP contribution is -2.22. The van der Waals surface area contributed by atoms with Gasteiger partial charge in [0.15, 0.2) is 6.10 Å². The number of benzene rings is 1. The number of carbonyl (C=O) groups is 1. The van der Waals surface area contributed by atoms with Crippen LogP contribution in [0.25, 0.3) is 0 Å². The van der Waals surface area contributed by atoms with Crippen LogP contribution in [0.15, 0.2) is 41.5 Å². The Labute approximate surface area is 128 Å². The minimum absolute atomic E-state index is 0.0270. The summed E-state index contributed by atoms with van der Waals surface area (Å²) in [5, 5.41) is 0. The van der Waals surface area contributed by atoms with Crippen molar-refractivity contribution in [2.24, 2.45) is 0 Å². The van der Waals surface area contributed by atoms with E-state index in [0.29, 0.717) is 0 Å². The highest BCUT2D eigenvalue weighted by molar-refractivity contribution is 7.86. The highest BCUT2D eigenvalue weighted by atomic mass is 32.2. The maximum Gasteiger partial charge on any atom is 0.333 e. The second-order valence-corrected chi connectivity index (χ2v) is 5.91. The maximum atomic E-state index is 12.7. The third kappa shape index (κ3) is 5.82. The standard InChI is InChI=1S/C14H17FO6S/c1-11-3-5-13(6-4-11)22(17,18)21-10-12(9-15)20-8-7-14(16)19-2/h3-8,12H,9-10H2,1-2H3/b8-7+/t12-/m1/s1. The first-order valence-electron chi connectivity index (χ1n) is 6.31. The van der Waals surface area contributed by atoms with Gasteiger partial charge in [0.2, 0.25) is 0 Å². The van der Waals surface area contributed by atoms with Crippen LogP contribution in [0.4, 0.5) is 4.39 Å². The summed E-state index contributed by atoms with van der Waals surface area (Å²) >= 11 is 0. The maximum absolute atomic E-state index is 12.7. The summed E-state index contributed by atoms with van der Waals surface area (Å²) in [7, 11) is -2.81. The average molecular weight is 332 g/mol. The highest BCUT2D eigenvalue weighted by Gasteiger charge is 2.18. The zero-order chi connectivity index (χ0) is 16.6. The van der Waals surface area contributed by atoms with Gasteiger partial charge >= 0.3 is 5.97 Å². The topological polar surface area (TPSA) is 78.9 Å². The van der Waals surface area contributed by atoms with Gasteiger partial charge in [0.1, 0.15) is 13.3 Å². The molecule has 1 atom stereocenters. The third-order valence-corrected chi connectivity index (χ3v) is 3.86. The molecule has 0 amide bonds. The molecule has 8 heteroatoms. The van der Waals surface area contributed by atoms with Crippen LogP contribution >= 0.6 is 0 Å². The van der Waals surface area contributed by atoms with E-state index in [4.69, 9.17) is 8.92 Å². The van der Waals surface area contributed by atoms with Crippen molar-refractivity contribution in [3.05, 3.63) is 42.2 Å². The van der Waals surface area contributed by atoms with Crippen molar-refractivity contribution >= 4 is 16.1 Å². The molecule has 0 unspecified atom stereocenters. The molecule has 1 aromatic carbocycles. The highest BCUT2D eigenvalue weighted by Crippen LogP contribution is 2.14. The number of esters is 1. The normalized spacial score (nSPS) is 13.0. The average Bonchev–Trinajstić information content (AvgIpc) is 2.50. The first kappa shape index (κ1) is 18.1. The SMILES string of the molecule is COC(=O)/C=C/O[C@H](CF)COS(=O)(=O)c1ccc(C)cc1.